The lowest BCUT2D eigenvalue weighted by atomic mass is 10.1. The summed E-state index contributed by atoms with van der Waals surface area (Å²) in [4.78, 5) is 21.4. The fourth-order valence-electron chi connectivity index (χ4n) is 3.94. The van der Waals surface area contributed by atoms with Crippen LogP contribution in [-0.2, 0) is 24.9 Å². The standard InChI is InChI=1S/C23H19Cl2F2N9O/c1-12-20-14(21(26)27)6-18(13-7-29-34(2)8-13)30-22(20)36(32-12)10-19(37)31-23-28-11-35(33-23)9-15-16(24)4-3-5-17(15)25/h3-8,11,21H,9-10H2,1-2H3,(H,31,33,37). The predicted molar refractivity (Wildman–Crippen MR) is 134 cm³/mol. The first kappa shape index (κ1) is 24.8. The number of carbonyl (C=O) groups is 1. The van der Waals surface area contributed by atoms with Crippen molar-refractivity contribution >= 4 is 46.1 Å². The third kappa shape index (κ3) is 5.02. The number of fused-ring (bicyclic) bond motifs is 1. The van der Waals surface area contributed by atoms with Crippen molar-refractivity contribution in [3.63, 3.8) is 0 Å². The Bertz CT molecular complexity index is 1610. The monoisotopic (exact) mass is 545 g/mol. The third-order valence-electron chi connectivity index (χ3n) is 5.61. The lowest BCUT2D eigenvalue weighted by Gasteiger charge is -2.08. The largest absolute Gasteiger partial charge is 0.292 e. The molecule has 0 saturated heterocycles. The highest BCUT2D eigenvalue weighted by Gasteiger charge is 2.22. The number of aryl methyl sites for hydroxylation is 2. The highest BCUT2D eigenvalue weighted by molar-refractivity contribution is 6.35. The molecular weight excluding hydrogens is 527 g/mol. The predicted octanol–water partition coefficient (Wildman–Crippen LogP) is 4.66. The van der Waals surface area contributed by atoms with Gasteiger partial charge in [-0.15, -0.1) is 5.10 Å². The van der Waals surface area contributed by atoms with E-state index >= 15 is 0 Å². The maximum absolute atomic E-state index is 13.9. The van der Waals surface area contributed by atoms with E-state index in [2.05, 4.69) is 30.6 Å². The molecule has 1 N–H and O–H groups in total. The number of pyridine rings is 1. The van der Waals surface area contributed by atoms with Crippen molar-refractivity contribution in [3.8, 4) is 11.3 Å². The van der Waals surface area contributed by atoms with Gasteiger partial charge in [0.15, 0.2) is 5.65 Å². The van der Waals surface area contributed by atoms with E-state index in [1.165, 1.54) is 28.0 Å². The van der Waals surface area contributed by atoms with Gasteiger partial charge in [-0.1, -0.05) is 29.3 Å². The zero-order valence-corrected chi connectivity index (χ0v) is 21.0. The molecule has 4 heterocycles. The Hall–Kier alpha value is -3.90. The molecule has 10 nitrogen and oxygen atoms in total. The minimum Gasteiger partial charge on any atom is -0.292 e. The summed E-state index contributed by atoms with van der Waals surface area (Å²) in [6.07, 6.45) is 1.87. The number of hydrogen-bond acceptors (Lipinski definition) is 6. The lowest BCUT2D eigenvalue weighted by Crippen LogP contribution is -2.20. The summed E-state index contributed by atoms with van der Waals surface area (Å²) in [6, 6.07) is 6.49. The minimum atomic E-state index is -2.76. The van der Waals surface area contributed by atoms with Gasteiger partial charge in [0.05, 0.1) is 29.5 Å². The van der Waals surface area contributed by atoms with Gasteiger partial charge in [-0.2, -0.15) is 10.2 Å². The Morgan fingerprint density at radius 2 is 1.95 bits per heavy atom. The first-order chi connectivity index (χ1) is 17.7. The number of hydrogen-bond donors (Lipinski definition) is 1. The third-order valence-corrected chi connectivity index (χ3v) is 6.31. The fourth-order valence-corrected chi connectivity index (χ4v) is 4.46. The van der Waals surface area contributed by atoms with Gasteiger partial charge < -0.3 is 0 Å². The van der Waals surface area contributed by atoms with E-state index in [1.807, 2.05) is 0 Å². The van der Waals surface area contributed by atoms with E-state index in [0.717, 1.165) is 0 Å². The highest BCUT2D eigenvalue weighted by atomic mass is 35.5. The van der Waals surface area contributed by atoms with Crippen LogP contribution < -0.4 is 5.32 Å². The van der Waals surface area contributed by atoms with Gasteiger partial charge in [0, 0.05) is 40.0 Å². The highest BCUT2D eigenvalue weighted by Crippen LogP contribution is 2.33. The molecule has 0 spiro atoms. The average molecular weight is 546 g/mol. The second-order valence-corrected chi connectivity index (χ2v) is 9.07. The normalized spacial score (nSPS) is 11.5. The Morgan fingerprint density at radius 3 is 2.62 bits per heavy atom. The van der Waals surface area contributed by atoms with Crippen LogP contribution in [0.2, 0.25) is 10.0 Å². The van der Waals surface area contributed by atoms with E-state index < -0.39 is 12.3 Å². The van der Waals surface area contributed by atoms with Crippen molar-refractivity contribution in [2.45, 2.75) is 26.4 Å². The molecule has 0 radical (unpaired) electrons. The summed E-state index contributed by atoms with van der Waals surface area (Å²) in [7, 11) is 1.72. The molecule has 1 aromatic carbocycles. The number of rotatable bonds is 7. The summed E-state index contributed by atoms with van der Waals surface area (Å²) in [6.45, 7) is 1.56. The summed E-state index contributed by atoms with van der Waals surface area (Å²) in [5, 5.41) is 16.4. The molecular formula is C23H19Cl2F2N9O. The van der Waals surface area contributed by atoms with Crippen molar-refractivity contribution in [2.24, 2.45) is 7.05 Å². The van der Waals surface area contributed by atoms with Crippen molar-refractivity contribution in [1.29, 1.82) is 0 Å². The van der Waals surface area contributed by atoms with Crippen LogP contribution in [0.25, 0.3) is 22.3 Å². The molecule has 0 saturated carbocycles. The Kier molecular flexibility index (Phi) is 6.61. The summed E-state index contributed by atoms with van der Waals surface area (Å²) in [5.74, 6) is -0.455. The molecule has 5 aromatic rings. The van der Waals surface area contributed by atoms with Crippen LogP contribution in [0.1, 0.15) is 23.2 Å². The van der Waals surface area contributed by atoms with Gasteiger partial charge >= 0.3 is 0 Å². The molecule has 0 fully saturated rings. The smallest absolute Gasteiger partial charge is 0.264 e. The number of benzene rings is 1. The molecule has 1 amide bonds. The first-order valence-electron chi connectivity index (χ1n) is 11.0. The van der Waals surface area contributed by atoms with Crippen LogP contribution in [-0.4, -0.2) is 45.2 Å². The number of halogens is 4. The molecule has 0 aliphatic rings. The topological polar surface area (TPSA) is 108 Å². The number of aromatic nitrogens is 8. The number of nitrogens with one attached hydrogen (secondary N) is 1. The quantitative estimate of drug-likeness (QED) is 0.318. The second-order valence-electron chi connectivity index (χ2n) is 8.26. The molecule has 5 rings (SSSR count). The lowest BCUT2D eigenvalue weighted by molar-refractivity contribution is -0.116. The molecule has 0 unspecified atom stereocenters. The van der Waals surface area contributed by atoms with Gasteiger partial charge in [0.25, 0.3) is 6.43 Å². The number of nitrogens with zero attached hydrogens (tertiary/aromatic N) is 8. The average Bonchev–Trinajstić information content (AvgIpc) is 3.55. The van der Waals surface area contributed by atoms with Crippen LogP contribution in [0.3, 0.4) is 0 Å². The van der Waals surface area contributed by atoms with E-state index in [-0.39, 0.29) is 35.6 Å². The maximum Gasteiger partial charge on any atom is 0.264 e. The Balaban J connectivity index is 1.39. The molecule has 14 heteroatoms. The summed E-state index contributed by atoms with van der Waals surface area (Å²) in [5.41, 5.74) is 1.81. The number of alkyl halides is 2. The summed E-state index contributed by atoms with van der Waals surface area (Å²) < 4.78 is 32.2. The van der Waals surface area contributed by atoms with Crippen LogP contribution in [0.4, 0.5) is 14.7 Å². The molecule has 0 aliphatic heterocycles. The Morgan fingerprint density at radius 1 is 1.19 bits per heavy atom. The van der Waals surface area contributed by atoms with Crippen molar-refractivity contribution in [1.82, 2.24) is 39.3 Å². The first-order valence-corrected chi connectivity index (χ1v) is 11.7. The molecule has 37 heavy (non-hydrogen) atoms. The van der Waals surface area contributed by atoms with Gasteiger partial charge in [-0.25, -0.2) is 28.1 Å². The fraction of sp³-hybridized carbons (Fsp3) is 0.217. The second kappa shape index (κ2) is 9.87. The van der Waals surface area contributed by atoms with Crippen LogP contribution in [0, 0.1) is 6.92 Å². The molecule has 0 atom stereocenters. The SMILES string of the molecule is Cc1nn(CC(=O)Nc2ncn(Cc3c(Cl)cccc3Cl)n2)c2nc(-c3cnn(C)c3)cc(C(F)F)c12. The number of carbonyl (C=O) groups excluding carboxylic acids is 1. The number of anilines is 1. The van der Waals surface area contributed by atoms with Gasteiger partial charge in [0.1, 0.15) is 12.9 Å². The van der Waals surface area contributed by atoms with Crippen molar-refractivity contribution in [3.05, 3.63) is 69.9 Å². The van der Waals surface area contributed by atoms with E-state index in [4.69, 9.17) is 23.2 Å². The Labute approximate surface area is 218 Å². The van der Waals surface area contributed by atoms with Crippen LogP contribution in [0.15, 0.2) is 43.0 Å². The molecule has 190 valence electrons. The molecule has 4 aromatic heterocycles. The van der Waals surface area contributed by atoms with E-state index in [1.54, 1.807) is 43.0 Å². The van der Waals surface area contributed by atoms with Crippen LogP contribution in [0.5, 0.6) is 0 Å². The summed E-state index contributed by atoms with van der Waals surface area (Å²) >= 11 is 12.4. The molecule has 0 aliphatic carbocycles. The van der Waals surface area contributed by atoms with E-state index in [0.29, 0.717) is 32.6 Å². The zero-order valence-electron chi connectivity index (χ0n) is 19.5. The van der Waals surface area contributed by atoms with Gasteiger partial charge in [-0.3, -0.25) is 14.8 Å². The minimum absolute atomic E-state index is 0.0543. The zero-order chi connectivity index (χ0) is 26.3. The number of amides is 1. The van der Waals surface area contributed by atoms with Gasteiger partial charge in [-0.05, 0) is 25.1 Å². The molecule has 0 bridgehead atoms. The maximum atomic E-state index is 13.9. The van der Waals surface area contributed by atoms with Crippen LogP contribution >= 0.6 is 23.2 Å². The van der Waals surface area contributed by atoms with Gasteiger partial charge in [0.2, 0.25) is 11.9 Å². The van der Waals surface area contributed by atoms with Crippen molar-refractivity contribution in [2.75, 3.05) is 5.32 Å². The van der Waals surface area contributed by atoms with Crippen molar-refractivity contribution < 1.29 is 13.6 Å². The van der Waals surface area contributed by atoms with E-state index in [9.17, 15) is 13.6 Å².